The van der Waals surface area contributed by atoms with Crippen LogP contribution in [-0.2, 0) is 28.6 Å². The summed E-state index contributed by atoms with van der Waals surface area (Å²) in [6, 6.07) is 0. The van der Waals surface area contributed by atoms with Crippen LogP contribution in [0.2, 0.25) is 0 Å². The zero-order valence-corrected chi connectivity index (χ0v) is 51.9. The second-order valence-corrected chi connectivity index (χ2v) is 22.7. The van der Waals surface area contributed by atoms with Gasteiger partial charge in [0.05, 0.1) is 0 Å². The third-order valence-corrected chi connectivity index (χ3v) is 14.9. The van der Waals surface area contributed by atoms with Gasteiger partial charge in [0.15, 0.2) is 6.10 Å². The number of carbonyl (C=O) groups excluding carboxylic acids is 3. The van der Waals surface area contributed by atoms with Crippen molar-refractivity contribution in [2.45, 2.75) is 354 Å². The molecule has 0 N–H and O–H groups in total. The van der Waals surface area contributed by atoms with E-state index in [1.807, 2.05) is 0 Å². The first-order chi connectivity index (χ1) is 38.5. The maximum atomic E-state index is 12.9. The number of unbranched alkanes of at least 4 members (excludes halogenated alkanes) is 39. The SMILES string of the molecule is CC/C=C\C/C=C\C/C=C\C/C=C\CCCCCCCCCCCCCCCCCCCCCCC(=O)OCC(COC(=O)CCCCCCCCCCCCC)OC(=O)CCCCCCC/C=C\C/C=C\CCCCCC. The van der Waals surface area contributed by atoms with E-state index in [1.165, 1.54) is 199 Å². The van der Waals surface area contributed by atoms with Crippen molar-refractivity contribution in [3.05, 3.63) is 72.9 Å². The summed E-state index contributed by atoms with van der Waals surface area (Å²) in [5.41, 5.74) is 0. The number of ether oxygens (including phenoxy) is 3. The Morgan fingerprint density at radius 2 is 0.500 bits per heavy atom. The van der Waals surface area contributed by atoms with Gasteiger partial charge in [-0.15, -0.1) is 0 Å². The predicted octanol–water partition coefficient (Wildman–Crippen LogP) is 23.3. The largest absolute Gasteiger partial charge is 0.462 e. The molecule has 0 heterocycles. The van der Waals surface area contributed by atoms with Crippen molar-refractivity contribution in [3.63, 3.8) is 0 Å². The topological polar surface area (TPSA) is 78.9 Å². The minimum absolute atomic E-state index is 0.0754. The molecule has 0 rings (SSSR count). The molecule has 0 radical (unpaired) electrons. The third kappa shape index (κ3) is 63.7. The molecule has 1 unspecified atom stereocenters. The smallest absolute Gasteiger partial charge is 0.306 e. The predicted molar refractivity (Wildman–Crippen MR) is 339 cm³/mol. The second-order valence-electron chi connectivity index (χ2n) is 22.7. The van der Waals surface area contributed by atoms with Crippen molar-refractivity contribution in [1.82, 2.24) is 0 Å². The molecule has 0 aromatic carbocycles. The van der Waals surface area contributed by atoms with Crippen LogP contribution in [-0.4, -0.2) is 37.2 Å². The summed E-state index contributed by atoms with van der Waals surface area (Å²) in [6.45, 7) is 6.53. The van der Waals surface area contributed by atoms with E-state index in [2.05, 4.69) is 93.7 Å². The highest BCUT2D eigenvalue weighted by Crippen LogP contribution is 2.18. The quantitative estimate of drug-likeness (QED) is 0.0261. The van der Waals surface area contributed by atoms with Crippen LogP contribution in [0.15, 0.2) is 72.9 Å². The molecule has 6 nitrogen and oxygen atoms in total. The van der Waals surface area contributed by atoms with E-state index >= 15 is 0 Å². The van der Waals surface area contributed by atoms with Gasteiger partial charge in [-0.3, -0.25) is 14.4 Å². The molecular formula is C72H128O6. The van der Waals surface area contributed by atoms with Crippen molar-refractivity contribution in [2.75, 3.05) is 13.2 Å². The molecule has 1 atom stereocenters. The minimum Gasteiger partial charge on any atom is -0.462 e. The Bertz CT molecular complexity index is 1440. The maximum Gasteiger partial charge on any atom is 0.306 e. The van der Waals surface area contributed by atoms with Gasteiger partial charge in [-0.1, -0.05) is 312 Å². The van der Waals surface area contributed by atoms with Gasteiger partial charge >= 0.3 is 17.9 Å². The Hall–Kier alpha value is -3.15. The lowest BCUT2D eigenvalue weighted by Gasteiger charge is -2.18. The molecule has 0 aliphatic rings. The Kier molecular flexibility index (Phi) is 63.7. The first-order valence-corrected chi connectivity index (χ1v) is 33.9. The molecule has 0 amide bonds. The van der Waals surface area contributed by atoms with E-state index in [-0.39, 0.29) is 31.1 Å². The highest BCUT2D eigenvalue weighted by molar-refractivity contribution is 5.71. The summed E-state index contributed by atoms with van der Waals surface area (Å²) >= 11 is 0. The average Bonchev–Trinajstić information content (AvgIpc) is 3.44. The van der Waals surface area contributed by atoms with Gasteiger partial charge in [-0.05, 0) is 89.9 Å². The van der Waals surface area contributed by atoms with Gasteiger partial charge < -0.3 is 14.2 Å². The Balaban J connectivity index is 4.10. The van der Waals surface area contributed by atoms with Crippen molar-refractivity contribution in [3.8, 4) is 0 Å². The van der Waals surface area contributed by atoms with Crippen LogP contribution in [0.5, 0.6) is 0 Å². The first-order valence-electron chi connectivity index (χ1n) is 33.9. The van der Waals surface area contributed by atoms with Crippen molar-refractivity contribution in [2.24, 2.45) is 0 Å². The van der Waals surface area contributed by atoms with Crippen molar-refractivity contribution < 1.29 is 28.6 Å². The molecule has 0 saturated carbocycles. The van der Waals surface area contributed by atoms with E-state index in [0.29, 0.717) is 19.3 Å². The molecule has 0 aliphatic carbocycles. The number of allylic oxidation sites excluding steroid dienone is 12. The van der Waals surface area contributed by atoms with Crippen LogP contribution in [0.25, 0.3) is 0 Å². The maximum absolute atomic E-state index is 12.9. The zero-order valence-electron chi connectivity index (χ0n) is 51.9. The van der Waals surface area contributed by atoms with Crippen LogP contribution in [0.4, 0.5) is 0 Å². The standard InChI is InChI=1S/C72H128O6/c1-4-7-10-13-16-19-22-24-26-28-29-30-31-32-33-34-35-36-37-38-39-40-41-42-43-44-46-47-50-53-56-59-62-65-71(74)77-68-69(67-76-70(73)64-61-58-55-52-49-21-18-15-12-9-6-3)78-72(75)66-63-60-57-54-51-48-45-27-25-23-20-17-14-11-8-5-2/h7,10,16,19-20,23-24,26-27,29-30,45,69H,4-6,8-9,11-15,17-18,21-22,25,28,31-44,46-68H2,1-3H3/b10-7-,19-16-,23-20-,26-24-,30-29-,45-27-. The first kappa shape index (κ1) is 74.8. The Morgan fingerprint density at radius 1 is 0.269 bits per heavy atom. The van der Waals surface area contributed by atoms with Crippen LogP contribution >= 0.6 is 0 Å². The molecule has 0 bridgehead atoms. The molecule has 78 heavy (non-hydrogen) atoms. The number of hydrogen-bond donors (Lipinski definition) is 0. The van der Waals surface area contributed by atoms with Crippen LogP contribution < -0.4 is 0 Å². The van der Waals surface area contributed by atoms with E-state index in [4.69, 9.17) is 14.2 Å². The van der Waals surface area contributed by atoms with E-state index in [0.717, 1.165) is 109 Å². The number of hydrogen-bond acceptors (Lipinski definition) is 6. The lowest BCUT2D eigenvalue weighted by atomic mass is 10.0. The molecule has 6 heteroatoms. The fourth-order valence-corrected chi connectivity index (χ4v) is 9.88. The van der Waals surface area contributed by atoms with E-state index in [9.17, 15) is 14.4 Å². The Labute approximate surface area is 484 Å². The molecule has 0 aromatic heterocycles. The lowest BCUT2D eigenvalue weighted by Crippen LogP contribution is -2.30. The van der Waals surface area contributed by atoms with Crippen molar-refractivity contribution >= 4 is 17.9 Å². The summed E-state index contributed by atoms with van der Waals surface area (Å²) in [7, 11) is 0. The molecule has 0 spiro atoms. The van der Waals surface area contributed by atoms with Gasteiger partial charge in [-0.25, -0.2) is 0 Å². The average molecular weight is 1090 g/mol. The summed E-state index contributed by atoms with van der Waals surface area (Å²) in [6.07, 6.45) is 86.5. The molecule has 0 aliphatic heterocycles. The van der Waals surface area contributed by atoms with Gasteiger partial charge in [-0.2, -0.15) is 0 Å². The number of esters is 3. The highest BCUT2D eigenvalue weighted by Gasteiger charge is 2.19. The van der Waals surface area contributed by atoms with Gasteiger partial charge in [0, 0.05) is 19.3 Å². The lowest BCUT2D eigenvalue weighted by molar-refractivity contribution is -0.167. The summed E-state index contributed by atoms with van der Waals surface area (Å²) in [4.78, 5) is 38.2. The zero-order chi connectivity index (χ0) is 56.4. The summed E-state index contributed by atoms with van der Waals surface area (Å²) < 4.78 is 16.9. The third-order valence-electron chi connectivity index (χ3n) is 14.9. The normalized spacial score (nSPS) is 12.5. The second kappa shape index (κ2) is 66.4. The van der Waals surface area contributed by atoms with Crippen LogP contribution in [0, 0.1) is 0 Å². The monoisotopic (exact) mass is 1090 g/mol. The molecule has 0 aromatic rings. The molecular weight excluding hydrogens is 961 g/mol. The summed E-state index contributed by atoms with van der Waals surface area (Å²) in [5.74, 6) is -0.871. The molecule has 452 valence electrons. The number of carbonyl (C=O) groups is 3. The van der Waals surface area contributed by atoms with E-state index < -0.39 is 6.10 Å². The van der Waals surface area contributed by atoms with Gasteiger partial charge in [0.2, 0.25) is 0 Å². The fraction of sp³-hybridized carbons (Fsp3) is 0.792. The van der Waals surface area contributed by atoms with Crippen LogP contribution in [0.3, 0.4) is 0 Å². The Morgan fingerprint density at radius 3 is 0.795 bits per heavy atom. The van der Waals surface area contributed by atoms with Gasteiger partial charge in [0.25, 0.3) is 0 Å². The molecule has 0 saturated heterocycles. The van der Waals surface area contributed by atoms with Crippen molar-refractivity contribution in [1.29, 1.82) is 0 Å². The number of rotatable bonds is 62. The molecule has 0 fully saturated rings. The van der Waals surface area contributed by atoms with Crippen LogP contribution in [0.1, 0.15) is 348 Å². The van der Waals surface area contributed by atoms with Gasteiger partial charge in [0.1, 0.15) is 13.2 Å². The fourth-order valence-electron chi connectivity index (χ4n) is 9.88. The highest BCUT2D eigenvalue weighted by atomic mass is 16.6. The summed E-state index contributed by atoms with van der Waals surface area (Å²) in [5, 5.41) is 0. The minimum atomic E-state index is -0.779. The van der Waals surface area contributed by atoms with E-state index in [1.54, 1.807) is 0 Å².